The molecular formula is C14H15NO5. The van der Waals surface area contributed by atoms with Crippen molar-refractivity contribution < 1.29 is 24.2 Å². The molecule has 20 heavy (non-hydrogen) atoms. The molecule has 3 rings (SSSR count). The maximum absolute atomic E-state index is 12.4. The van der Waals surface area contributed by atoms with Crippen LogP contribution in [0.15, 0.2) is 24.3 Å². The number of ether oxygens (including phenoxy) is 2. The molecule has 1 saturated heterocycles. The van der Waals surface area contributed by atoms with Crippen LogP contribution in [0.5, 0.6) is 11.5 Å². The Labute approximate surface area is 115 Å². The molecule has 2 heterocycles. The summed E-state index contributed by atoms with van der Waals surface area (Å²) < 4.78 is 11.1. The fraction of sp³-hybridized carbons (Fsp3) is 0.429. The molecular weight excluding hydrogens is 262 g/mol. The van der Waals surface area contributed by atoms with Crippen molar-refractivity contribution in [1.82, 2.24) is 4.90 Å². The molecule has 1 N–H and O–H groups in total. The van der Waals surface area contributed by atoms with Crippen LogP contribution in [-0.4, -0.2) is 47.2 Å². The van der Waals surface area contributed by atoms with Gasteiger partial charge in [0.1, 0.15) is 12.6 Å². The Bertz CT molecular complexity index is 544. The van der Waals surface area contributed by atoms with Crippen LogP contribution in [0.3, 0.4) is 0 Å². The fourth-order valence-electron chi connectivity index (χ4n) is 2.61. The first-order valence-corrected chi connectivity index (χ1v) is 6.58. The van der Waals surface area contributed by atoms with Crippen LogP contribution in [0.1, 0.15) is 12.8 Å². The molecule has 6 heteroatoms. The van der Waals surface area contributed by atoms with Gasteiger partial charge in [0.05, 0.1) is 0 Å². The summed E-state index contributed by atoms with van der Waals surface area (Å²) in [5.41, 5.74) is 0. The minimum atomic E-state index is -0.965. The molecule has 1 unspecified atom stereocenters. The Morgan fingerprint density at radius 2 is 2.00 bits per heavy atom. The molecule has 0 saturated carbocycles. The monoisotopic (exact) mass is 277 g/mol. The Kier molecular flexibility index (Phi) is 3.22. The summed E-state index contributed by atoms with van der Waals surface area (Å²) in [7, 11) is 0. The number of benzene rings is 1. The van der Waals surface area contributed by atoms with E-state index in [4.69, 9.17) is 14.6 Å². The highest BCUT2D eigenvalue weighted by Crippen LogP contribution is 2.32. The molecule has 0 aromatic heterocycles. The van der Waals surface area contributed by atoms with Crippen molar-refractivity contribution in [1.29, 1.82) is 0 Å². The molecule has 1 aromatic carbocycles. The average Bonchev–Trinajstić information content (AvgIpc) is 2.95. The van der Waals surface area contributed by atoms with E-state index in [9.17, 15) is 9.59 Å². The van der Waals surface area contributed by atoms with Crippen molar-refractivity contribution in [2.24, 2.45) is 0 Å². The number of para-hydroxylation sites is 2. The Hall–Kier alpha value is -2.24. The molecule has 0 aliphatic carbocycles. The van der Waals surface area contributed by atoms with E-state index in [1.807, 2.05) is 6.07 Å². The Morgan fingerprint density at radius 3 is 2.75 bits per heavy atom. The number of carbonyl (C=O) groups excluding carboxylic acids is 1. The molecule has 1 amide bonds. The molecule has 2 atom stereocenters. The van der Waals surface area contributed by atoms with E-state index in [1.165, 1.54) is 4.90 Å². The molecule has 0 radical (unpaired) electrons. The van der Waals surface area contributed by atoms with E-state index in [1.54, 1.807) is 18.2 Å². The van der Waals surface area contributed by atoms with Crippen LogP contribution in [0.4, 0.5) is 0 Å². The zero-order valence-electron chi connectivity index (χ0n) is 10.8. The second-order valence-electron chi connectivity index (χ2n) is 4.89. The number of hydrogen-bond donors (Lipinski definition) is 1. The number of aliphatic carboxylic acids is 1. The Morgan fingerprint density at radius 1 is 1.25 bits per heavy atom. The number of rotatable bonds is 2. The minimum absolute atomic E-state index is 0.110. The largest absolute Gasteiger partial charge is 0.485 e. The zero-order valence-corrected chi connectivity index (χ0v) is 10.8. The number of carboxylic acid groups (broad SMARTS) is 1. The maximum Gasteiger partial charge on any atom is 0.326 e. The minimum Gasteiger partial charge on any atom is -0.485 e. The SMILES string of the molecule is O=C(O)[C@@H]1CCCN1C(=O)C1COc2ccccc2O1. The third-order valence-corrected chi connectivity index (χ3v) is 3.60. The van der Waals surface area contributed by atoms with E-state index in [2.05, 4.69) is 0 Å². The number of carbonyl (C=O) groups is 2. The van der Waals surface area contributed by atoms with Crippen LogP contribution in [0.2, 0.25) is 0 Å². The normalized spacial score (nSPS) is 24.5. The van der Waals surface area contributed by atoms with Gasteiger partial charge in [-0.1, -0.05) is 12.1 Å². The molecule has 6 nitrogen and oxygen atoms in total. The smallest absolute Gasteiger partial charge is 0.326 e. The van der Waals surface area contributed by atoms with E-state index < -0.39 is 18.1 Å². The van der Waals surface area contributed by atoms with Crippen LogP contribution >= 0.6 is 0 Å². The lowest BCUT2D eigenvalue weighted by atomic mass is 10.2. The number of fused-ring (bicyclic) bond motifs is 1. The van der Waals surface area contributed by atoms with Gasteiger partial charge in [0.25, 0.3) is 5.91 Å². The number of nitrogens with zero attached hydrogens (tertiary/aromatic N) is 1. The summed E-state index contributed by atoms with van der Waals surface area (Å²) in [6, 6.07) is 6.37. The topological polar surface area (TPSA) is 76.1 Å². The first-order chi connectivity index (χ1) is 9.66. The summed E-state index contributed by atoms with van der Waals surface area (Å²) in [6.07, 6.45) is 0.419. The molecule has 0 spiro atoms. The average molecular weight is 277 g/mol. The highest BCUT2D eigenvalue weighted by atomic mass is 16.6. The first kappa shape index (κ1) is 12.8. The van der Waals surface area contributed by atoms with Gasteiger partial charge in [0.15, 0.2) is 11.5 Å². The lowest BCUT2D eigenvalue weighted by molar-refractivity contribution is -0.152. The van der Waals surface area contributed by atoms with E-state index in [-0.39, 0.29) is 12.5 Å². The highest BCUT2D eigenvalue weighted by Gasteiger charge is 2.39. The van der Waals surface area contributed by atoms with Gasteiger partial charge in [0.2, 0.25) is 6.10 Å². The summed E-state index contributed by atoms with van der Waals surface area (Å²) >= 11 is 0. The quantitative estimate of drug-likeness (QED) is 0.869. The third-order valence-electron chi connectivity index (χ3n) is 3.60. The summed E-state index contributed by atoms with van der Waals surface area (Å²) in [4.78, 5) is 24.9. The summed E-state index contributed by atoms with van der Waals surface area (Å²) in [5.74, 6) is -0.159. The third kappa shape index (κ3) is 2.17. The van der Waals surface area contributed by atoms with Crippen molar-refractivity contribution in [3.8, 4) is 11.5 Å². The van der Waals surface area contributed by atoms with Gasteiger partial charge in [-0.3, -0.25) is 4.79 Å². The van der Waals surface area contributed by atoms with Crippen molar-refractivity contribution in [3.05, 3.63) is 24.3 Å². The van der Waals surface area contributed by atoms with Crippen molar-refractivity contribution >= 4 is 11.9 Å². The van der Waals surface area contributed by atoms with E-state index in [0.717, 1.165) is 0 Å². The molecule has 1 fully saturated rings. The van der Waals surface area contributed by atoms with Gasteiger partial charge in [0, 0.05) is 6.54 Å². The summed E-state index contributed by atoms with van der Waals surface area (Å²) in [6.45, 7) is 0.565. The molecule has 2 aliphatic rings. The lowest BCUT2D eigenvalue weighted by Crippen LogP contribution is -2.50. The van der Waals surface area contributed by atoms with E-state index in [0.29, 0.717) is 30.9 Å². The van der Waals surface area contributed by atoms with Gasteiger partial charge in [-0.2, -0.15) is 0 Å². The van der Waals surface area contributed by atoms with Gasteiger partial charge >= 0.3 is 5.97 Å². The molecule has 106 valence electrons. The van der Waals surface area contributed by atoms with Crippen LogP contribution in [-0.2, 0) is 9.59 Å². The van der Waals surface area contributed by atoms with Gasteiger partial charge in [-0.15, -0.1) is 0 Å². The predicted molar refractivity (Wildman–Crippen MR) is 68.7 cm³/mol. The number of amides is 1. The van der Waals surface area contributed by atoms with Crippen molar-refractivity contribution in [3.63, 3.8) is 0 Å². The zero-order chi connectivity index (χ0) is 14.1. The van der Waals surface area contributed by atoms with Crippen LogP contribution in [0.25, 0.3) is 0 Å². The fourth-order valence-corrected chi connectivity index (χ4v) is 2.61. The number of hydrogen-bond acceptors (Lipinski definition) is 4. The van der Waals surface area contributed by atoms with Gasteiger partial charge in [-0.25, -0.2) is 4.79 Å². The summed E-state index contributed by atoms with van der Waals surface area (Å²) in [5, 5.41) is 9.12. The second-order valence-corrected chi connectivity index (χ2v) is 4.89. The second kappa shape index (κ2) is 5.03. The van der Waals surface area contributed by atoms with E-state index >= 15 is 0 Å². The van der Waals surface area contributed by atoms with Gasteiger partial charge in [-0.05, 0) is 25.0 Å². The predicted octanol–water partition coefficient (Wildman–Crippen LogP) is 0.902. The van der Waals surface area contributed by atoms with Crippen LogP contribution < -0.4 is 9.47 Å². The van der Waals surface area contributed by atoms with Gasteiger partial charge < -0.3 is 19.5 Å². The Balaban J connectivity index is 1.74. The van der Waals surface area contributed by atoms with Crippen LogP contribution in [0, 0.1) is 0 Å². The standard InChI is InChI=1S/C14H15NO5/c16-13(15-7-3-4-9(15)14(17)18)12-8-19-10-5-1-2-6-11(10)20-12/h1-2,5-6,9,12H,3-4,7-8H2,(H,17,18)/t9-,12?/m0/s1. The maximum atomic E-state index is 12.4. The van der Waals surface area contributed by atoms with Crippen molar-refractivity contribution in [2.45, 2.75) is 25.0 Å². The highest BCUT2D eigenvalue weighted by molar-refractivity contribution is 5.87. The first-order valence-electron chi connectivity index (χ1n) is 6.58. The lowest BCUT2D eigenvalue weighted by Gasteiger charge is -2.30. The molecule has 0 bridgehead atoms. The molecule has 2 aliphatic heterocycles. The number of carboxylic acids is 1. The number of likely N-dealkylation sites (tertiary alicyclic amines) is 1. The van der Waals surface area contributed by atoms with Crippen molar-refractivity contribution in [2.75, 3.05) is 13.2 Å². The molecule has 1 aromatic rings.